The van der Waals surface area contributed by atoms with E-state index >= 15 is 0 Å². The zero-order chi connectivity index (χ0) is 16.9. The summed E-state index contributed by atoms with van der Waals surface area (Å²) in [6.07, 6.45) is 3.97. The largest absolute Gasteiger partial charge is 0.357 e. The summed E-state index contributed by atoms with van der Waals surface area (Å²) in [5.74, 6) is -0.199. The van der Waals surface area contributed by atoms with Crippen LogP contribution in [0.5, 0.6) is 0 Å². The standard InChI is InChI=1S/C18H23N3O3/c22-17(20-24)8-2-1-3-9-18(23)21-11-10-14-13-6-4-5-7-15(13)19-16(14)12-21/h4-7,19,24H,1-3,8-12H2,(H,20,22). The molecule has 0 bridgehead atoms. The maximum Gasteiger partial charge on any atom is 0.243 e. The minimum atomic E-state index is -0.372. The molecule has 0 fully saturated rings. The summed E-state index contributed by atoms with van der Waals surface area (Å²) in [5, 5.41) is 9.68. The summed E-state index contributed by atoms with van der Waals surface area (Å²) >= 11 is 0. The number of hydrogen-bond acceptors (Lipinski definition) is 3. The van der Waals surface area contributed by atoms with E-state index < -0.39 is 0 Å². The maximum atomic E-state index is 12.4. The van der Waals surface area contributed by atoms with Gasteiger partial charge >= 0.3 is 0 Å². The van der Waals surface area contributed by atoms with Gasteiger partial charge in [-0.05, 0) is 30.9 Å². The predicted octanol–water partition coefficient (Wildman–Crippen LogP) is 2.51. The highest BCUT2D eigenvalue weighted by molar-refractivity contribution is 5.85. The number of aromatic amines is 1. The van der Waals surface area contributed by atoms with E-state index in [1.165, 1.54) is 10.9 Å². The molecule has 1 aliphatic heterocycles. The van der Waals surface area contributed by atoms with Gasteiger partial charge in [-0.1, -0.05) is 24.6 Å². The van der Waals surface area contributed by atoms with Gasteiger partial charge in [0.2, 0.25) is 11.8 Å². The molecule has 3 N–H and O–H groups in total. The first-order valence-corrected chi connectivity index (χ1v) is 8.48. The molecule has 24 heavy (non-hydrogen) atoms. The van der Waals surface area contributed by atoms with Crippen LogP contribution in [0.3, 0.4) is 0 Å². The minimum absolute atomic E-state index is 0.172. The number of H-pyrrole nitrogens is 1. The summed E-state index contributed by atoms with van der Waals surface area (Å²) in [7, 11) is 0. The molecule has 2 aromatic rings. The minimum Gasteiger partial charge on any atom is -0.357 e. The number of para-hydroxylation sites is 1. The van der Waals surface area contributed by atoms with Gasteiger partial charge in [0.15, 0.2) is 0 Å². The number of rotatable bonds is 6. The van der Waals surface area contributed by atoms with Crippen molar-refractivity contribution < 1.29 is 14.8 Å². The number of carbonyl (C=O) groups is 2. The number of hydrogen-bond donors (Lipinski definition) is 3. The van der Waals surface area contributed by atoms with Crippen molar-refractivity contribution in [1.29, 1.82) is 0 Å². The Balaban J connectivity index is 1.50. The molecule has 1 aliphatic rings. The van der Waals surface area contributed by atoms with Gasteiger partial charge in [0.05, 0.1) is 6.54 Å². The van der Waals surface area contributed by atoms with E-state index in [1.807, 2.05) is 17.0 Å². The lowest BCUT2D eigenvalue weighted by Crippen LogP contribution is -2.35. The van der Waals surface area contributed by atoms with Gasteiger partial charge < -0.3 is 9.88 Å². The van der Waals surface area contributed by atoms with Crippen molar-refractivity contribution in [2.24, 2.45) is 0 Å². The average molecular weight is 329 g/mol. The maximum absolute atomic E-state index is 12.4. The van der Waals surface area contributed by atoms with E-state index in [0.29, 0.717) is 25.8 Å². The lowest BCUT2D eigenvalue weighted by molar-refractivity contribution is -0.132. The van der Waals surface area contributed by atoms with E-state index in [1.54, 1.807) is 5.48 Å². The number of unbranched alkanes of at least 4 members (excludes halogenated alkanes) is 2. The molecular weight excluding hydrogens is 306 g/mol. The number of nitrogens with one attached hydrogen (secondary N) is 2. The SMILES string of the molecule is O=C(CCCCCC(=O)N1CCc2c([nH]c3ccccc23)C1)NO. The van der Waals surface area contributed by atoms with Crippen LogP contribution in [-0.2, 0) is 22.6 Å². The van der Waals surface area contributed by atoms with E-state index in [9.17, 15) is 9.59 Å². The second-order valence-electron chi connectivity index (χ2n) is 6.29. The Bertz CT molecular complexity index is 738. The number of aromatic nitrogens is 1. The van der Waals surface area contributed by atoms with Crippen LogP contribution in [0.1, 0.15) is 43.4 Å². The average Bonchev–Trinajstić information content (AvgIpc) is 2.98. The Morgan fingerprint density at radius 3 is 2.79 bits per heavy atom. The van der Waals surface area contributed by atoms with Crippen LogP contribution in [0.4, 0.5) is 0 Å². The number of carbonyl (C=O) groups excluding carboxylic acids is 2. The molecule has 6 heteroatoms. The van der Waals surface area contributed by atoms with Crippen molar-refractivity contribution >= 4 is 22.7 Å². The van der Waals surface area contributed by atoms with E-state index in [4.69, 9.17) is 5.21 Å². The summed E-state index contributed by atoms with van der Waals surface area (Å²) < 4.78 is 0. The molecule has 2 amide bonds. The first-order valence-electron chi connectivity index (χ1n) is 8.48. The predicted molar refractivity (Wildman–Crippen MR) is 90.4 cm³/mol. The first-order chi connectivity index (χ1) is 11.7. The van der Waals surface area contributed by atoms with Crippen molar-refractivity contribution in [3.05, 3.63) is 35.5 Å². The Hall–Kier alpha value is -2.34. The van der Waals surface area contributed by atoms with Gasteiger partial charge in [-0.25, -0.2) is 5.48 Å². The van der Waals surface area contributed by atoms with Crippen LogP contribution in [0.15, 0.2) is 24.3 Å². The highest BCUT2D eigenvalue weighted by Gasteiger charge is 2.23. The van der Waals surface area contributed by atoms with Crippen molar-refractivity contribution in [3.8, 4) is 0 Å². The Kier molecular flexibility index (Phi) is 5.15. The molecule has 0 saturated carbocycles. The van der Waals surface area contributed by atoms with Crippen LogP contribution in [0.2, 0.25) is 0 Å². The number of hydroxylamine groups is 1. The third kappa shape index (κ3) is 3.59. The normalized spacial score (nSPS) is 13.8. The van der Waals surface area contributed by atoms with E-state index in [2.05, 4.69) is 17.1 Å². The molecule has 2 heterocycles. The zero-order valence-corrected chi connectivity index (χ0v) is 13.7. The highest BCUT2D eigenvalue weighted by atomic mass is 16.5. The monoisotopic (exact) mass is 329 g/mol. The van der Waals surface area contributed by atoms with Crippen LogP contribution >= 0.6 is 0 Å². The Morgan fingerprint density at radius 2 is 1.96 bits per heavy atom. The van der Waals surface area contributed by atoms with Gasteiger partial charge in [-0.3, -0.25) is 14.8 Å². The number of nitrogens with zero attached hydrogens (tertiary/aromatic N) is 1. The Labute approximate surface area is 140 Å². The number of benzene rings is 1. The van der Waals surface area contributed by atoms with Crippen LogP contribution in [-0.4, -0.2) is 33.5 Å². The fraction of sp³-hybridized carbons (Fsp3) is 0.444. The molecule has 0 aliphatic carbocycles. The van der Waals surface area contributed by atoms with Crippen molar-refractivity contribution in [2.75, 3.05) is 6.54 Å². The molecular formula is C18H23N3O3. The summed E-state index contributed by atoms with van der Waals surface area (Å²) in [6.45, 7) is 1.41. The molecule has 0 spiro atoms. The van der Waals surface area contributed by atoms with Crippen LogP contribution in [0.25, 0.3) is 10.9 Å². The van der Waals surface area contributed by atoms with E-state index in [-0.39, 0.29) is 11.8 Å². The molecule has 1 aromatic heterocycles. The fourth-order valence-corrected chi connectivity index (χ4v) is 3.36. The summed E-state index contributed by atoms with van der Waals surface area (Å²) in [6, 6.07) is 8.27. The van der Waals surface area contributed by atoms with Gasteiger partial charge in [0, 0.05) is 36.0 Å². The number of fused-ring (bicyclic) bond motifs is 3. The second kappa shape index (κ2) is 7.49. The molecule has 0 radical (unpaired) electrons. The highest BCUT2D eigenvalue weighted by Crippen LogP contribution is 2.27. The molecule has 3 rings (SSSR count). The molecule has 0 unspecified atom stereocenters. The van der Waals surface area contributed by atoms with Crippen LogP contribution < -0.4 is 5.48 Å². The van der Waals surface area contributed by atoms with Gasteiger partial charge in [0.1, 0.15) is 0 Å². The lowest BCUT2D eigenvalue weighted by Gasteiger charge is -2.27. The van der Waals surface area contributed by atoms with Gasteiger partial charge in [-0.2, -0.15) is 0 Å². The molecule has 128 valence electrons. The summed E-state index contributed by atoms with van der Waals surface area (Å²) in [5.41, 5.74) is 5.24. The summed E-state index contributed by atoms with van der Waals surface area (Å²) in [4.78, 5) is 28.6. The zero-order valence-electron chi connectivity index (χ0n) is 13.7. The molecule has 0 saturated heterocycles. The Morgan fingerprint density at radius 1 is 1.17 bits per heavy atom. The van der Waals surface area contributed by atoms with E-state index in [0.717, 1.165) is 37.0 Å². The number of amides is 2. The third-order valence-corrected chi connectivity index (χ3v) is 4.65. The lowest BCUT2D eigenvalue weighted by atomic mass is 10.0. The van der Waals surface area contributed by atoms with Crippen molar-refractivity contribution in [2.45, 2.75) is 45.1 Å². The molecule has 6 nitrogen and oxygen atoms in total. The molecule has 1 aromatic carbocycles. The first kappa shape index (κ1) is 16.5. The van der Waals surface area contributed by atoms with Crippen LogP contribution in [0, 0.1) is 0 Å². The van der Waals surface area contributed by atoms with Crippen molar-refractivity contribution in [1.82, 2.24) is 15.4 Å². The quantitative estimate of drug-likeness (QED) is 0.432. The van der Waals surface area contributed by atoms with Gasteiger partial charge in [0.25, 0.3) is 0 Å². The smallest absolute Gasteiger partial charge is 0.243 e. The van der Waals surface area contributed by atoms with Gasteiger partial charge in [-0.15, -0.1) is 0 Å². The second-order valence-corrected chi connectivity index (χ2v) is 6.29. The molecule has 0 atom stereocenters. The topological polar surface area (TPSA) is 85.4 Å². The third-order valence-electron chi connectivity index (χ3n) is 4.65. The van der Waals surface area contributed by atoms with Crippen molar-refractivity contribution in [3.63, 3.8) is 0 Å². The fourth-order valence-electron chi connectivity index (χ4n) is 3.36.